The van der Waals surface area contributed by atoms with Crippen molar-refractivity contribution < 1.29 is 9.53 Å². The molecule has 4 heteroatoms. The first-order chi connectivity index (χ1) is 7.31. The number of ether oxygens (including phenoxy) is 1. The van der Waals surface area contributed by atoms with E-state index >= 15 is 0 Å². The summed E-state index contributed by atoms with van der Waals surface area (Å²) in [6.07, 6.45) is 2.94. The van der Waals surface area contributed by atoms with Crippen LogP contribution in [0.1, 0.15) is 47.0 Å². The lowest BCUT2D eigenvalue weighted by Crippen LogP contribution is -2.52. The summed E-state index contributed by atoms with van der Waals surface area (Å²) in [4.78, 5) is 13.8. The van der Waals surface area contributed by atoms with Gasteiger partial charge in [0.15, 0.2) is 0 Å². The van der Waals surface area contributed by atoms with Gasteiger partial charge in [-0.1, -0.05) is 0 Å². The molecule has 0 aliphatic carbocycles. The fourth-order valence-electron chi connectivity index (χ4n) is 2.05. The van der Waals surface area contributed by atoms with Crippen LogP contribution in [0.3, 0.4) is 0 Å². The first-order valence-corrected chi connectivity index (χ1v) is 6.06. The molecule has 0 bridgehead atoms. The van der Waals surface area contributed by atoms with Crippen LogP contribution in [-0.2, 0) is 4.74 Å². The second-order valence-electron chi connectivity index (χ2n) is 5.60. The van der Waals surface area contributed by atoms with Gasteiger partial charge in [-0.15, -0.1) is 0 Å². The third-order valence-electron chi connectivity index (χ3n) is 2.78. The highest BCUT2D eigenvalue weighted by molar-refractivity contribution is 5.68. The zero-order valence-electron chi connectivity index (χ0n) is 10.8. The van der Waals surface area contributed by atoms with Crippen molar-refractivity contribution >= 4 is 6.09 Å². The molecule has 4 nitrogen and oxygen atoms in total. The largest absolute Gasteiger partial charge is 0.444 e. The molecule has 0 radical (unpaired) electrons. The van der Waals surface area contributed by atoms with E-state index in [0.717, 1.165) is 25.8 Å². The summed E-state index contributed by atoms with van der Waals surface area (Å²) in [5, 5.41) is 0. The van der Waals surface area contributed by atoms with Crippen LogP contribution in [0.15, 0.2) is 0 Å². The van der Waals surface area contributed by atoms with Gasteiger partial charge in [0, 0.05) is 18.6 Å². The third kappa shape index (κ3) is 3.67. The molecule has 1 fully saturated rings. The number of hydrogen-bond acceptors (Lipinski definition) is 3. The van der Waals surface area contributed by atoms with Crippen molar-refractivity contribution in [3.63, 3.8) is 0 Å². The summed E-state index contributed by atoms with van der Waals surface area (Å²) in [5.41, 5.74) is 5.48. The summed E-state index contributed by atoms with van der Waals surface area (Å²) in [7, 11) is 0. The number of likely N-dealkylation sites (tertiary alicyclic amines) is 1. The topological polar surface area (TPSA) is 55.6 Å². The molecule has 0 aromatic carbocycles. The maximum atomic E-state index is 12.0. The number of carbonyl (C=O) groups is 1. The molecular formula is C12H24N2O2. The summed E-state index contributed by atoms with van der Waals surface area (Å²) in [5.74, 6) is 0. The first kappa shape index (κ1) is 13.3. The lowest BCUT2D eigenvalue weighted by molar-refractivity contribution is 0.00731. The maximum Gasteiger partial charge on any atom is 0.410 e. The van der Waals surface area contributed by atoms with E-state index in [9.17, 15) is 4.79 Å². The molecular weight excluding hydrogens is 204 g/mol. The van der Waals surface area contributed by atoms with E-state index in [1.54, 1.807) is 4.90 Å². The normalized spacial score (nSPS) is 24.1. The number of nitrogens with zero attached hydrogens (tertiary/aromatic N) is 1. The van der Waals surface area contributed by atoms with Gasteiger partial charge in [-0.25, -0.2) is 4.79 Å². The van der Waals surface area contributed by atoms with Crippen molar-refractivity contribution in [2.24, 2.45) is 5.73 Å². The van der Waals surface area contributed by atoms with Crippen LogP contribution in [0, 0.1) is 0 Å². The van der Waals surface area contributed by atoms with E-state index < -0.39 is 5.60 Å². The number of nitrogens with two attached hydrogens (primary N) is 1. The lowest BCUT2D eigenvalue weighted by Gasteiger charge is -2.38. The SMILES string of the molecule is C[C@H](N)[C@@H]1CCCCN1C(=O)OC(C)(C)C. The van der Waals surface area contributed by atoms with Crippen LogP contribution < -0.4 is 5.73 Å². The minimum Gasteiger partial charge on any atom is -0.444 e. The molecule has 1 aliphatic heterocycles. The molecule has 16 heavy (non-hydrogen) atoms. The van der Waals surface area contributed by atoms with E-state index in [0.29, 0.717) is 0 Å². The van der Waals surface area contributed by atoms with Crippen LogP contribution >= 0.6 is 0 Å². The van der Waals surface area contributed by atoms with Crippen molar-refractivity contribution in [3.8, 4) is 0 Å². The molecule has 0 aromatic heterocycles. The minimum absolute atomic E-state index is 0.00724. The molecule has 1 heterocycles. The second-order valence-corrected chi connectivity index (χ2v) is 5.60. The van der Waals surface area contributed by atoms with E-state index in [1.165, 1.54) is 0 Å². The van der Waals surface area contributed by atoms with E-state index in [1.807, 2.05) is 27.7 Å². The standard InChI is InChI=1S/C12H24N2O2/c1-9(13)10-7-5-6-8-14(10)11(15)16-12(2,3)4/h9-10H,5-8,13H2,1-4H3/t9-,10-/m0/s1. The monoisotopic (exact) mass is 228 g/mol. The number of piperidine rings is 1. The Labute approximate surface area is 98.1 Å². The Morgan fingerprint density at radius 3 is 2.56 bits per heavy atom. The Balaban J connectivity index is 2.64. The second kappa shape index (κ2) is 5.04. The van der Waals surface area contributed by atoms with Gasteiger partial charge in [-0.2, -0.15) is 0 Å². The van der Waals surface area contributed by atoms with Gasteiger partial charge < -0.3 is 15.4 Å². The van der Waals surface area contributed by atoms with Crippen LogP contribution in [0.5, 0.6) is 0 Å². The molecule has 1 amide bonds. The van der Waals surface area contributed by atoms with E-state index in [4.69, 9.17) is 10.5 Å². The van der Waals surface area contributed by atoms with Crippen molar-refractivity contribution in [2.45, 2.75) is 64.6 Å². The van der Waals surface area contributed by atoms with Crippen LogP contribution in [0.25, 0.3) is 0 Å². The average Bonchev–Trinajstić information content (AvgIpc) is 2.15. The van der Waals surface area contributed by atoms with Crippen LogP contribution in [0.2, 0.25) is 0 Å². The Hall–Kier alpha value is -0.770. The Morgan fingerprint density at radius 1 is 1.44 bits per heavy atom. The molecule has 2 atom stereocenters. The summed E-state index contributed by atoms with van der Waals surface area (Å²) >= 11 is 0. The molecule has 0 spiro atoms. The van der Waals surface area contributed by atoms with Crippen molar-refractivity contribution in [2.75, 3.05) is 6.54 Å². The Bertz CT molecular complexity index is 246. The van der Waals surface area contributed by atoms with Gasteiger partial charge >= 0.3 is 6.09 Å². The number of rotatable bonds is 1. The quantitative estimate of drug-likeness (QED) is 0.748. The van der Waals surface area contributed by atoms with Crippen molar-refractivity contribution in [1.29, 1.82) is 0 Å². The molecule has 1 rings (SSSR count). The predicted molar refractivity (Wildman–Crippen MR) is 64.2 cm³/mol. The number of hydrogen-bond donors (Lipinski definition) is 1. The molecule has 0 unspecified atom stereocenters. The van der Waals surface area contributed by atoms with Crippen molar-refractivity contribution in [3.05, 3.63) is 0 Å². The molecule has 0 saturated carbocycles. The zero-order chi connectivity index (χ0) is 12.3. The summed E-state index contributed by atoms with van der Waals surface area (Å²) in [6.45, 7) is 8.37. The first-order valence-electron chi connectivity index (χ1n) is 6.06. The fraction of sp³-hybridized carbons (Fsp3) is 0.917. The van der Waals surface area contributed by atoms with Gasteiger partial charge in [0.25, 0.3) is 0 Å². The minimum atomic E-state index is -0.434. The highest BCUT2D eigenvalue weighted by Gasteiger charge is 2.32. The molecule has 94 valence electrons. The van der Waals surface area contributed by atoms with Gasteiger partial charge in [-0.05, 0) is 47.0 Å². The highest BCUT2D eigenvalue weighted by atomic mass is 16.6. The van der Waals surface area contributed by atoms with Gasteiger partial charge in [0.1, 0.15) is 5.60 Å². The number of amides is 1. The molecule has 1 saturated heterocycles. The number of carbonyl (C=O) groups excluding carboxylic acids is 1. The Morgan fingerprint density at radius 2 is 2.06 bits per heavy atom. The average molecular weight is 228 g/mol. The summed E-state index contributed by atoms with van der Waals surface area (Å²) in [6, 6.07) is 0.136. The summed E-state index contributed by atoms with van der Waals surface area (Å²) < 4.78 is 5.39. The highest BCUT2D eigenvalue weighted by Crippen LogP contribution is 2.21. The third-order valence-corrected chi connectivity index (χ3v) is 2.78. The van der Waals surface area contributed by atoms with Gasteiger partial charge in [0.2, 0.25) is 0 Å². The van der Waals surface area contributed by atoms with E-state index in [-0.39, 0.29) is 18.2 Å². The fourth-order valence-corrected chi connectivity index (χ4v) is 2.05. The van der Waals surface area contributed by atoms with Crippen LogP contribution in [-0.4, -0.2) is 35.2 Å². The maximum absolute atomic E-state index is 12.0. The molecule has 0 aromatic rings. The van der Waals surface area contributed by atoms with Crippen molar-refractivity contribution in [1.82, 2.24) is 4.90 Å². The Kier molecular flexibility index (Phi) is 4.19. The van der Waals surface area contributed by atoms with E-state index in [2.05, 4.69) is 0 Å². The van der Waals surface area contributed by atoms with Gasteiger partial charge in [0.05, 0.1) is 0 Å². The lowest BCUT2D eigenvalue weighted by atomic mass is 9.97. The molecule has 1 aliphatic rings. The smallest absolute Gasteiger partial charge is 0.410 e. The molecule has 2 N–H and O–H groups in total. The van der Waals surface area contributed by atoms with Crippen LogP contribution in [0.4, 0.5) is 4.79 Å². The predicted octanol–water partition coefficient (Wildman–Crippen LogP) is 2.12. The van der Waals surface area contributed by atoms with Gasteiger partial charge in [-0.3, -0.25) is 0 Å². The zero-order valence-corrected chi connectivity index (χ0v) is 10.8.